The number of carbonyl (C=O) groups excluding carboxylic acids is 1. The molecule has 1 N–H and O–H groups in total. The van der Waals surface area contributed by atoms with E-state index in [4.69, 9.17) is 10.6 Å². The molecule has 0 fully saturated rings. The number of ether oxygens (including phenoxy) is 1. The van der Waals surface area contributed by atoms with Gasteiger partial charge in [0.2, 0.25) is 0 Å². The number of esters is 1. The van der Waals surface area contributed by atoms with Crippen LogP contribution in [0, 0.1) is 5.92 Å². The van der Waals surface area contributed by atoms with Crippen LogP contribution < -0.4 is 0 Å². The summed E-state index contributed by atoms with van der Waals surface area (Å²) in [5.41, 5.74) is 8.23. The van der Waals surface area contributed by atoms with Gasteiger partial charge >= 0.3 is 5.97 Å². The average molecular weight is 199 g/mol. The summed E-state index contributed by atoms with van der Waals surface area (Å²) in [7, 11) is 1.25. The fourth-order valence-corrected chi connectivity index (χ4v) is 0.755. The van der Waals surface area contributed by atoms with Gasteiger partial charge in [0.05, 0.1) is 13.2 Å². The van der Waals surface area contributed by atoms with E-state index >= 15 is 0 Å². The van der Waals surface area contributed by atoms with Crippen molar-refractivity contribution in [3.8, 4) is 0 Å². The first-order valence-electron chi connectivity index (χ1n) is 4.07. The Labute approximate surface area is 81.8 Å². The molecule has 0 amide bonds. The van der Waals surface area contributed by atoms with Gasteiger partial charge in [-0.2, -0.15) is 0 Å². The quantitative estimate of drug-likeness (QED) is 0.235. The Bertz CT molecular complexity index is 259. The fourth-order valence-electron chi connectivity index (χ4n) is 0.755. The Kier molecular flexibility index (Phi) is 6.19. The predicted octanol–water partition coefficient (Wildman–Crippen LogP) is 1.02. The Morgan fingerprint density at radius 1 is 1.79 bits per heavy atom. The van der Waals surface area contributed by atoms with Crippen LogP contribution in [0.5, 0.6) is 0 Å². The maximum atomic E-state index is 10.7. The van der Waals surface area contributed by atoms with Crippen LogP contribution in [-0.2, 0) is 9.53 Å². The van der Waals surface area contributed by atoms with E-state index in [0.717, 1.165) is 0 Å². The standard InChI is InChI=1S/C8H13N3O3/c1-6(5-12)7(10-11-9)3-4-8(13)14-2/h3-4,6-7,12H,5H2,1-2H3/b4-3+/t6-,7+/m1/s1. The molecule has 0 saturated heterocycles. The number of aliphatic hydroxyl groups is 1. The number of azide groups is 1. The second-order valence-corrected chi connectivity index (χ2v) is 2.74. The summed E-state index contributed by atoms with van der Waals surface area (Å²) in [6, 6.07) is -0.538. The highest BCUT2D eigenvalue weighted by Gasteiger charge is 2.11. The Morgan fingerprint density at radius 2 is 2.43 bits per heavy atom. The predicted molar refractivity (Wildman–Crippen MR) is 50.3 cm³/mol. The highest BCUT2D eigenvalue weighted by Crippen LogP contribution is 2.08. The molecule has 0 aromatic heterocycles. The minimum atomic E-state index is -0.538. The summed E-state index contributed by atoms with van der Waals surface area (Å²) in [4.78, 5) is 13.3. The number of hydrogen-bond donors (Lipinski definition) is 1. The Balaban J connectivity index is 4.44. The van der Waals surface area contributed by atoms with E-state index in [0.29, 0.717) is 0 Å². The highest BCUT2D eigenvalue weighted by atomic mass is 16.5. The summed E-state index contributed by atoms with van der Waals surface area (Å²) >= 11 is 0. The molecule has 0 radical (unpaired) electrons. The lowest BCUT2D eigenvalue weighted by Crippen LogP contribution is -2.16. The van der Waals surface area contributed by atoms with E-state index in [1.807, 2.05) is 0 Å². The minimum absolute atomic E-state index is 0.116. The molecule has 14 heavy (non-hydrogen) atoms. The molecule has 78 valence electrons. The SMILES string of the molecule is COC(=O)/C=C/[C@H](N=[N+]=[N-])[C@H](C)CO. The Hall–Kier alpha value is -1.52. The number of nitrogens with zero attached hydrogens (tertiary/aromatic N) is 3. The zero-order valence-electron chi connectivity index (χ0n) is 8.12. The summed E-state index contributed by atoms with van der Waals surface area (Å²) in [6.07, 6.45) is 2.58. The molecule has 0 bridgehead atoms. The van der Waals surface area contributed by atoms with E-state index in [1.54, 1.807) is 6.92 Å². The molecular weight excluding hydrogens is 186 g/mol. The molecule has 0 rings (SSSR count). The topological polar surface area (TPSA) is 95.3 Å². The molecular formula is C8H13N3O3. The van der Waals surface area contributed by atoms with Crippen molar-refractivity contribution >= 4 is 5.97 Å². The third-order valence-corrected chi connectivity index (χ3v) is 1.69. The van der Waals surface area contributed by atoms with Crippen molar-refractivity contribution in [1.82, 2.24) is 0 Å². The zero-order chi connectivity index (χ0) is 11.0. The van der Waals surface area contributed by atoms with Crippen LogP contribution >= 0.6 is 0 Å². The lowest BCUT2D eigenvalue weighted by molar-refractivity contribution is -0.134. The van der Waals surface area contributed by atoms with Gasteiger partial charge in [0.15, 0.2) is 0 Å². The van der Waals surface area contributed by atoms with Crippen LogP contribution in [0.2, 0.25) is 0 Å². The van der Waals surface area contributed by atoms with E-state index in [2.05, 4.69) is 14.8 Å². The summed E-state index contributed by atoms with van der Waals surface area (Å²) in [6.45, 7) is 1.59. The van der Waals surface area contributed by atoms with Gasteiger partial charge in [-0.3, -0.25) is 0 Å². The third kappa shape index (κ3) is 4.49. The molecule has 0 aromatic carbocycles. The molecule has 0 saturated carbocycles. The summed E-state index contributed by atoms with van der Waals surface area (Å²) in [5.74, 6) is -0.750. The molecule has 0 aliphatic rings. The molecule has 0 aliphatic heterocycles. The minimum Gasteiger partial charge on any atom is -0.466 e. The smallest absolute Gasteiger partial charge is 0.330 e. The van der Waals surface area contributed by atoms with Gasteiger partial charge in [-0.15, -0.1) is 0 Å². The van der Waals surface area contributed by atoms with Gasteiger partial charge < -0.3 is 9.84 Å². The second-order valence-electron chi connectivity index (χ2n) is 2.74. The lowest BCUT2D eigenvalue weighted by Gasteiger charge is -2.11. The van der Waals surface area contributed by atoms with Crippen LogP contribution in [0.25, 0.3) is 10.4 Å². The van der Waals surface area contributed by atoms with Crippen molar-refractivity contribution < 1.29 is 14.6 Å². The molecule has 0 spiro atoms. The number of methoxy groups -OCH3 is 1. The first-order valence-corrected chi connectivity index (χ1v) is 4.07. The van der Waals surface area contributed by atoms with Gasteiger partial charge in [0.1, 0.15) is 0 Å². The number of aliphatic hydroxyl groups excluding tert-OH is 1. The van der Waals surface area contributed by atoms with E-state index < -0.39 is 12.0 Å². The van der Waals surface area contributed by atoms with Crippen LogP contribution in [0.1, 0.15) is 6.92 Å². The van der Waals surface area contributed by atoms with Crippen molar-refractivity contribution in [2.24, 2.45) is 11.0 Å². The normalized spacial score (nSPS) is 14.5. The van der Waals surface area contributed by atoms with Gasteiger partial charge in [0, 0.05) is 17.6 Å². The number of carbonyl (C=O) groups is 1. The van der Waals surface area contributed by atoms with Crippen molar-refractivity contribution in [2.45, 2.75) is 13.0 Å². The summed E-state index contributed by atoms with van der Waals surface area (Å²) in [5, 5.41) is 12.2. The first-order chi connectivity index (χ1) is 6.65. The molecule has 0 unspecified atom stereocenters. The highest BCUT2D eigenvalue weighted by molar-refractivity contribution is 5.81. The maximum Gasteiger partial charge on any atom is 0.330 e. The molecule has 6 nitrogen and oxygen atoms in total. The molecule has 0 heterocycles. The van der Waals surface area contributed by atoms with Gasteiger partial charge in [-0.05, 0) is 11.4 Å². The van der Waals surface area contributed by atoms with Crippen molar-refractivity contribution in [3.63, 3.8) is 0 Å². The van der Waals surface area contributed by atoms with Gasteiger partial charge in [-0.1, -0.05) is 18.1 Å². The second kappa shape index (κ2) is 6.94. The molecule has 0 aliphatic carbocycles. The molecule has 0 aromatic rings. The average Bonchev–Trinajstić information content (AvgIpc) is 2.22. The summed E-state index contributed by atoms with van der Waals surface area (Å²) < 4.78 is 4.37. The van der Waals surface area contributed by atoms with Crippen LogP contribution in [0.3, 0.4) is 0 Å². The number of hydrogen-bond acceptors (Lipinski definition) is 4. The van der Waals surface area contributed by atoms with Crippen molar-refractivity contribution in [2.75, 3.05) is 13.7 Å². The van der Waals surface area contributed by atoms with Crippen LogP contribution in [0.15, 0.2) is 17.3 Å². The van der Waals surface area contributed by atoms with Crippen LogP contribution in [0.4, 0.5) is 0 Å². The van der Waals surface area contributed by atoms with Crippen molar-refractivity contribution in [3.05, 3.63) is 22.6 Å². The fraction of sp³-hybridized carbons (Fsp3) is 0.625. The van der Waals surface area contributed by atoms with E-state index in [1.165, 1.54) is 19.3 Å². The molecule has 6 heteroatoms. The monoisotopic (exact) mass is 199 g/mol. The van der Waals surface area contributed by atoms with E-state index in [9.17, 15) is 4.79 Å². The zero-order valence-corrected chi connectivity index (χ0v) is 8.12. The van der Waals surface area contributed by atoms with Crippen molar-refractivity contribution in [1.29, 1.82) is 0 Å². The van der Waals surface area contributed by atoms with E-state index in [-0.39, 0.29) is 12.5 Å². The van der Waals surface area contributed by atoms with Crippen LogP contribution in [-0.4, -0.2) is 30.8 Å². The lowest BCUT2D eigenvalue weighted by atomic mass is 10.0. The van der Waals surface area contributed by atoms with Gasteiger partial charge in [-0.25, -0.2) is 4.79 Å². The Morgan fingerprint density at radius 3 is 2.86 bits per heavy atom. The first kappa shape index (κ1) is 12.5. The number of rotatable bonds is 5. The third-order valence-electron chi connectivity index (χ3n) is 1.69. The molecule has 2 atom stereocenters. The van der Waals surface area contributed by atoms with Gasteiger partial charge in [0.25, 0.3) is 0 Å². The maximum absolute atomic E-state index is 10.7. The largest absolute Gasteiger partial charge is 0.466 e.